The molecule has 3 aromatic rings. The van der Waals surface area contributed by atoms with Gasteiger partial charge in [0.1, 0.15) is 11.5 Å². The number of aliphatic hydroxyl groups excluding tert-OH is 1. The van der Waals surface area contributed by atoms with E-state index < -0.39 is 17.8 Å². The Morgan fingerprint density at radius 2 is 1.83 bits per heavy atom. The number of carbonyl (C=O) groups excluding carboxylic acids is 1. The highest BCUT2D eigenvalue weighted by Crippen LogP contribution is 2.17. The van der Waals surface area contributed by atoms with Crippen LogP contribution in [0.1, 0.15) is 11.7 Å². The quantitative estimate of drug-likeness (QED) is 0.778. The van der Waals surface area contributed by atoms with Crippen LogP contribution in [0.15, 0.2) is 67.0 Å². The molecule has 0 radical (unpaired) electrons. The number of carbonyl (C=O) groups is 1. The third-order valence-corrected chi connectivity index (χ3v) is 3.31. The van der Waals surface area contributed by atoms with E-state index in [1.54, 1.807) is 48.5 Å². The molecule has 3 rings (SSSR count). The second-order valence-corrected chi connectivity index (χ2v) is 4.93. The summed E-state index contributed by atoms with van der Waals surface area (Å²) < 4.78 is 15.0. The topological polar surface area (TPSA) is 67.2 Å². The van der Waals surface area contributed by atoms with Crippen molar-refractivity contribution in [2.75, 3.05) is 5.32 Å². The van der Waals surface area contributed by atoms with Crippen LogP contribution in [0.25, 0.3) is 5.69 Å². The number of aliphatic hydroxyl groups is 1. The number of halogens is 1. The van der Waals surface area contributed by atoms with Crippen LogP contribution < -0.4 is 5.32 Å². The van der Waals surface area contributed by atoms with E-state index in [9.17, 15) is 14.3 Å². The van der Waals surface area contributed by atoms with Gasteiger partial charge < -0.3 is 10.4 Å². The van der Waals surface area contributed by atoms with Gasteiger partial charge in [-0.15, -0.1) is 0 Å². The number of rotatable bonds is 4. The summed E-state index contributed by atoms with van der Waals surface area (Å²) in [7, 11) is 0. The molecule has 0 aliphatic carbocycles. The number of amides is 1. The van der Waals surface area contributed by atoms with E-state index in [4.69, 9.17) is 0 Å². The number of aromatic nitrogens is 2. The van der Waals surface area contributed by atoms with Gasteiger partial charge in [-0.1, -0.05) is 42.5 Å². The van der Waals surface area contributed by atoms with E-state index in [1.165, 1.54) is 23.1 Å². The highest BCUT2D eigenvalue weighted by atomic mass is 19.1. The number of nitrogens with zero attached hydrogens (tertiary/aromatic N) is 2. The molecular weight excluding hydrogens is 297 g/mol. The van der Waals surface area contributed by atoms with Crippen LogP contribution in [-0.2, 0) is 4.79 Å². The summed E-state index contributed by atoms with van der Waals surface area (Å²) in [5.74, 6) is -0.998. The van der Waals surface area contributed by atoms with Gasteiger partial charge in [0.25, 0.3) is 5.91 Å². The van der Waals surface area contributed by atoms with Crippen molar-refractivity contribution in [2.24, 2.45) is 0 Å². The molecule has 5 nitrogen and oxygen atoms in total. The van der Waals surface area contributed by atoms with Crippen LogP contribution in [0.3, 0.4) is 0 Å². The van der Waals surface area contributed by atoms with Crippen LogP contribution in [0.2, 0.25) is 0 Å². The molecule has 0 bridgehead atoms. The van der Waals surface area contributed by atoms with E-state index in [0.29, 0.717) is 11.3 Å². The molecule has 2 aromatic carbocycles. The van der Waals surface area contributed by atoms with E-state index in [1.807, 2.05) is 0 Å². The average Bonchev–Trinajstić information content (AvgIpc) is 3.03. The van der Waals surface area contributed by atoms with Crippen LogP contribution >= 0.6 is 0 Å². The molecule has 0 aliphatic heterocycles. The lowest BCUT2D eigenvalue weighted by Gasteiger charge is -2.10. The van der Waals surface area contributed by atoms with Crippen LogP contribution in [-0.4, -0.2) is 20.8 Å². The molecule has 0 unspecified atom stereocenters. The van der Waals surface area contributed by atoms with Crippen molar-refractivity contribution < 1.29 is 14.3 Å². The maximum Gasteiger partial charge on any atom is 0.257 e. The van der Waals surface area contributed by atoms with E-state index in [2.05, 4.69) is 10.4 Å². The minimum Gasteiger partial charge on any atom is -0.378 e. The third kappa shape index (κ3) is 3.27. The van der Waals surface area contributed by atoms with Crippen molar-refractivity contribution in [2.45, 2.75) is 6.10 Å². The van der Waals surface area contributed by atoms with Gasteiger partial charge in [-0.05, 0) is 17.7 Å². The van der Waals surface area contributed by atoms with Gasteiger partial charge in [0.15, 0.2) is 6.10 Å². The standard InChI is InChI=1S/C17H14FN3O2/c18-14-8-4-5-9-15(14)21-11-13(10-19-21)20-17(23)16(22)12-6-2-1-3-7-12/h1-11,16,22H,(H,20,23)/t16-/m1/s1. The SMILES string of the molecule is O=C(Nc1cnn(-c2ccccc2F)c1)[C@H](O)c1ccccc1. The molecule has 0 saturated carbocycles. The Kier molecular flexibility index (Phi) is 4.16. The smallest absolute Gasteiger partial charge is 0.257 e. The highest BCUT2D eigenvalue weighted by molar-refractivity contribution is 5.94. The summed E-state index contributed by atoms with van der Waals surface area (Å²) in [5, 5.41) is 16.6. The first-order valence-electron chi connectivity index (χ1n) is 6.98. The van der Waals surface area contributed by atoms with Gasteiger partial charge in [0, 0.05) is 0 Å². The highest BCUT2D eigenvalue weighted by Gasteiger charge is 2.18. The number of anilines is 1. The lowest BCUT2D eigenvalue weighted by atomic mass is 10.1. The summed E-state index contributed by atoms with van der Waals surface area (Å²) in [5.41, 5.74) is 1.14. The second-order valence-electron chi connectivity index (χ2n) is 4.93. The van der Waals surface area contributed by atoms with E-state index in [0.717, 1.165) is 0 Å². The van der Waals surface area contributed by atoms with Crippen molar-refractivity contribution in [1.82, 2.24) is 9.78 Å². The zero-order chi connectivity index (χ0) is 16.2. The Labute approximate surface area is 132 Å². The van der Waals surface area contributed by atoms with Crippen LogP contribution in [0.4, 0.5) is 10.1 Å². The normalized spacial score (nSPS) is 11.9. The number of benzene rings is 2. The van der Waals surface area contributed by atoms with Gasteiger partial charge in [-0.3, -0.25) is 4.79 Å². The lowest BCUT2D eigenvalue weighted by Crippen LogP contribution is -2.20. The number of nitrogens with one attached hydrogen (secondary N) is 1. The molecule has 1 amide bonds. The molecule has 0 fully saturated rings. The van der Waals surface area contributed by atoms with Crippen molar-refractivity contribution >= 4 is 11.6 Å². The van der Waals surface area contributed by atoms with E-state index in [-0.39, 0.29) is 5.69 Å². The Morgan fingerprint density at radius 1 is 1.13 bits per heavy atom. The Morgan fingerprint density at radius 3 is 2.57 bits per heavy atom. The summed E-state index contributed by atoms with van der Waals surface area (Å²) in [6, 6.07) is 14.8. The molecular formula is C17H14FN3O2. The zero-order valence-corrected chi connectivity index (χ0v) is 12.1. The first-order chi connectivity index (χ1) is 11.1. The first kappa shape index (κ1) is 14.9. The Bertz CT molecular complexity index is 817. The van der Waals surface area contributed by atoms with Gasteiger partial charge in [-0.25, -0.2) is 9.07 Å². The summed E-state index contributed by atoms with van der Waals surface area (Å²) >= 11 is 0. The summed E-state index contributed by atoms with van der Waals surface area (Å²) in [6.45, 7) is 0. The van der Waals surface area contributed by atoms with Crippen molar-refractivity contribution in [3.63, 3.8) is 0 Å². The van der Waals surface area contributed by atoms with Gasteiger partial charge in [0.05, 0.1) is 18.1 Å². The third-order valence-electron chi connectivity index (χ3n) is 3.31. The molecule has 116 valence electrons. The average molecular weight is 311 g/mol. The number of para-hydroxylation sites is 1. The van der Waals surface area contributed by atoms with E-state index >= 15 is 0 Å². The fraction of sp³-hybridized carbons (Fsp3) is 0.0588. The minimum atomic E-state index is -1.28. The molecule has 0 spiro atoms. The zero-order valence-electron chi connectivity index (χ0n) is 12.1. The van der Waals surface area contributed by atoms with Gasteiger partial charge in [-0.2, -0.15) is 5.10 Å². The summed E-state index contributed by atoms with van der Waals surface area (Å²) in [6.07, 6.45) is 1.59. The first-order valence-corrected chi connectivity index (χ1v) is 6.98. The fourth-order valence-electron chi connectivity index (χ4n) is 2.15. The number of hydrogen-bond donors (Lipinski definition) is 2. The van der Waals surface area contributed by atoms with Gasteiger partial charge in [0.2, 0.25) is 0 Å². The second kappa shape index (κ2) is 6.41. The maximum atomic E-state index is 13.7. The fourth-order valence-corrected chi connectivity index (χ4v) is 2.15. The van der Waals surface area contributed by atoms with Crippen LogP contribution in [0, 0.1) is 5.82 Å². The van der Waals surface area contributed by atoms with Gasteiger partial charge >= 0.3 is 0 Å². The molecule has 0 saturated heterocycles. The summed E-state index contributed by atoms with van der Waals surface area (Å²) in [4.78, 5) is 12.1. The predicted molar refractivity (Wildman–Crippen MR) is 83.6 cm³/mol. The molecule has 1 aromatic heterocycles. The lowest BCUT2D eigenvalue weighted by molar-refractivity contribution is -0.124. The predicted octanol–water partition coefficient (Wildman–Crippen LogP) is 2.68. The minimum absolute atomic E-state index is 0.275. The largest absolute Gasteiger partial charge is 0.378 e. The Balaban J connectivity index is 1.74. The molecule has 1 heterocycles. The molecule has 0 aliphatic rings. The van der Waals surface area contributed by atoms with Crippen LogP contribution in [0.5, 0.6) is 0 Å². The van der Waals surface area contributed by atoms with Crippen molar-refractivity contribution in [3.8, 4) is 5.69 Å². The van der Waals surface area contributed by atoms with Crippen molar-refractivity contribution in [1.29, 1.82) is 0 Å². The molecule has 1 atom stereocenters. The molecule has 23 heavy (non-hydrogen) atoms. The Hall–Kier alpha value is -2.99. The maximum absolute atomic E-state index is 13.7. The molecule has 6 heteroatoms. The number of hydrogen-bond acceptors (Lipinski definition) is 3. The van der Waals surface area contributed by atoms with Crippen molar-refractivity contribution in [3.05, 3.63) is 78.4 Å². The molecule has 2 N–H and O–H groups in total. The monoisotopic (exact) mass is 311 g/mol.